The Kier molecular flexibility index (Phi) is 2.35. The van der Waals surface area contributed by atoms with E-state index in [0.29, 0.717) is 6.04 Å². The van der Waals surface area contributed by atoms with E-state index in [2.05, 4.69) is 17.1 Å². The number of aliphatic hydroxyl groups excluding tert-OH is 1. The highest BCUT2D eigenvalue weighted by atomic mass is 16.3. The van der Waals surface area contributed by atoms with Crippen LogP contribution < -0.4 is 5.32 Å². The van der Waals surface area contributed by atoms with Crippen LogP contribution in [-0.2, 0) is 0 Å². The number of hydrogen-bond acceptors (Lipinski definition) is 3. The number of nitrogens with zero attached hydrogens (tertiary/aromatic N) is 1. The van der Waals surface area contributed by atoms with Gasteiger partial charge in [0.2, 0.25) is 0 Å². The Morgan fingerprint density at radius 1 is 1.33 bits per heavy atom. The van der Waals surface area contributed by atoms with Crippen molar-refractivity contribution in [2.24, 2.45) is 0 Å². The molecule has 1 saturated carbocycles. The molecule has 2 aliphatic rings. The summed E-state index contributed by atoms with van der Waals surface area (Å²) in [5.74, 6) is 0. The van der Waals surface area contributed by atoms with E-state index in [1.807, 2.05) is 0 Å². The molecule has 3 heteroatoms. The molecule has 0 radical (unpaired) electrons. The first-order valence-electron chi connectivity index (χ1n) is 4.92. The minimum atomic E-state index is -0.171. The molecule has 1 heterocycles. The minimum absolute atomic E-state index is 0.171. The summed E-state index contributed by atoms with van der Waals surface area (Å²) >= 11 is 0. The van der Waals surface area contributed by atoms with Gasteiger partial charge in [0, 0.05) is 31.7 Å². The van der Waals surface area contributed by atoms with Crippen molar-refractivity contribution >= 4 is 0 Å². The van der Waals surface area contributed by atoms with Crippen molar-refractivity contribution in [1.82, 2.24) is 10.2 Å². The van der Waals surface area contributed by atoms with Gasteiger partial charge in [-0.25, -0.2) is 0 Å². The molecule has 2 rings (SSSR count). The first-order chi connectivity index (χ1) is 5.77. The topological polar surface area (TPSA) is 35.5 Å². The molecular weight excluding hydrogens is 152 g/mol. The second-order valence-electron chi connectivity index (χ2n) is 4.09. The van der Waals surface area contributed by atoms with Crippen LogP contribution in [0.5, 0.6) is 0 Å². The Morgan fingerprint density at radius 2 is 2.08 bits per heavy atom. The van der Waals surface area contributed by atoms with E-state index in [4.69, 9.17) is 0 Å². The van der Waals surface area contributed by atoms with Crippen LogP contribution in [0.15, 0.2) is 0 Å². The molecule has 1 saturated heterocycles. The predicted molar refractivity (Wildman–Crippen MR) is 48.1 cm³/mol. The van der Waals surface area contributed by atoms with E-state index in [1.165, 1.54) is 12.8 Å². The highest BCUT2D eigenvalue weighted by Gasteiger charge is 2.34. The Labute approximate surface area is 73.8 Å². The molecule has 1 aliphatic carbocycles. The standard InChI is InChI=1S/C9H18N2O/c1-7-4-10-5-9(12)6-11(7)8-2-3-8/h7-10,12H,2-6H2,1H3. The maximum atomic E-state index is 9.55. The second kappa shape index (κ2) is 3.32. The van der Waals surface area contributed by atoms with Crippen LogP contribution in [0.3, 0.4) is 0 Å². The maximum Gasteiger partial charge on any atom is 0.0791 e. The highest BCUT2D eigenvalue weighted by molar-refractivity contribution is 4.91. The molecule has 2 atom stereocenters. The van der Waals surface area contributed by atoms with Gasteiger partial charge in [0.15, 0.2) is 0 Å². The van der Waals surface area contributed by atoms with Gasteiger partial charge in [0.25, 0.3) is 0 Å². The fraction of sp³-hybridized carbons (Fsp3) is 1.00. The number of rotatable bonds is 1. The van der Waals surface area contributed by atoms with E-state index in [0.717, 1.165) is 25.7 Å². The summed E-state index contributed by atoms with van der Waals surface area (Å²) in [5, 5.41) is 12.8. The van der Waals surface area contributed by atoms with Crippen molar-refractivity contribution < 1.29 is 5.11 Å². The average Bonchev–Trinajstić information content (AvgIpc) is 2.79. The summed E-state index contributed by atoms with van der Waals surface area (Å²) in [5.41, 5.74) is 0. The van der Waals surface area contributed by atoms with Crippen LogP contribution in [0.2, 0.25) is 0 Å². The first kappa shape index (κ1) is 8.48. The molecule has 0 aromatic carbocycles. The zero-order valence-corrected chi connectivity index (χ0v) is 7.66. The van der Waals surface area contributed by atoms with Gasteiger partial charge in [-0.1, -0.05) is 0 Å². The number of nitrogens with one attached hydrogen (secondary N) is 1. The number of hydrogen-bond donors (Lipinski definition) is 2. The summed E-state index contributed by atoms with van der Waals surface area (Å²) in [6, 6.07) is 1.36. The molecule has 70 valence electrons. The van der Waals surface area contributed by atoms with Gasteiger partial charge in [-0.15, -0.1) is 0 Å². The van der Waals surface area contributed by atoms with Crippen LogP contribution in [0, 0.1) is 0 Å². The zero-order valence-electron chi connectivity index (χ0n) is 7.66. The lowest BCUT2D eigenvalue weighted by Gasteiger charge is -2.27. The molecule has 2 fully saturated rings. The SMILES string of the molecule is CC1CNCC(O)CN1C1CC1. The van der Waals surface area contributed by atoms with Crippen molar-refractivity contribution in [3.05, 3.63) is 0 Å². The third-order valence-electron chi connectivity index (χ3n) is 2.82. The summed E-state index contributed by atoms with van der Waals surface area (Å²) in [6.45, 7) is 4.88. The quantitative estimate of drug-likeness (QED) is 0.572. The molecule has 0 aromatic heterocycles. The van der Waals surface area contributed by atoms with E-state index in [9.17, 15) is 5.11 Å². The van der Waals surface area contributed by atoms with E-state index >= 15 is 0 Å². The van der Waals surface area contributed by atoms with Crippen LogP contribution in [-0.4, -0.2) is 47.8 Å². The van der Waals surface area contributed by atoms with Crippen molar-refractivity contribution in [1.29, 1.82) is 0 Å². The van der Waals surface area contributed by atoms with Crippen LogP contribution in [0.1, 0.15) is 19.8 Å². The summed E-state index contributed by atoms with van der Waals surface area (Å²) in [6.07, 6.45) is 2.49. The molecule has 2 N–H and O–H groups in total. The Balaban J connectivity index is 1.96. The second-order valence-corrected chi connectivity index (χ2v) is 4.09. The fourth-order valence-corrected chi connectivity index (χ4v) is 1.98. The third-order valence-corrected chi connectivity index (χ3v) is 2.82. The Hall–Kier alpha value is -0.120. The molecule has 2 unspecified atom stereocenters. The summed E-state index contributed by atoms with van der Waals surface area (Å²) in [7, 11) is 0. The molecule has 0 spiro atoms. The fourth-order valence-electron chi connectivity index (χ4n) is 1.98. The van der Waals surface area contributed by atoms with Gasteiger partial charge in [0.1, 0.15) is 0 Å². The summed E-state index contributed by atoms with van der Waals surface area (Å²) < 4.78 is 0. The summed E-state index contributed by atoms with van der Waals surface area (Å²) in [4.78, 5) is 2.45. The van der Waals surface area contributed by atoms with Gasteiger partial charge in [0.05, 0.1) is 6.10 Å². The molecule has 12 heavy (non-hydrogen) atoms. The van der Waals surface area contributed by atoms with Gasteiger partial charge >= 0.3 is 0 Å². The van der Waals surface area contributed by atoms with Gasteiger partial charge in [-0.05, 0) is 19.8 Å². The minimum Gasteiger partial charge on any atom is -0.390 e. The average molecular weight is 170 g/mol. The molecule has 0 aromatic rings. The predicted octanol–water partition coefficient (Wildman–Crippen LogP) is -0.197. The lowest BCUT2D eigenvalue weighted by molar-refractivity contribution is 0.109. The number of aliphatic hydroxyl groups is 1. The zero-order chi connectivity index (χ0) is 8.55. The smallest absolute Gasteiger partial charge is 0.0791 e. The van der Waals surface area contributed by atoms with E-state index < -0.39 is 0 Å². The first-order valence-corrected chi connectivity index (χ1v) is 4.92. The lowest BCUT2D eigenvalue weighted by atomic mass is 10.2. The van der Waals surface area contributed by atoms with Crippen molar-refractivity contribution in [3.8, 4) is 0 Å². The monoisotopic (exact) mass is 170 g/mol. The van der Waals surface area contributed by atoms with Crippen LogP contribution in [0.4, 0.5) is 0 Å². The van der Waals surface area contributed by atoms with Crippen molar-refractivity contribution in [2.45, 2.75) is 38.0 Å². The highest BCUT2D eigenvalue weighted by Crippen LogP contribution is 2.29. The molecular formula is C9H18N2O. The van der Waals surface area contributed by atoms with Gasteiger partial charge < -0.3 is 10.4 Å². The van der Waals surface area contributed by atoms with Gasteiger partial charge in [-0.2, -0.15) is 0 Å². The van der Waals surface area contributed by atoms with Crippen LogP contribution >= 0.6 is 0 Å². The molecule has 3 nitrogen and oxygen atoms in total. The van der Waals surface area contributed by atoms with Crippen LogP contribution in [0.25, 0.3) is 0 Å². The maximum absolute atomic E-state index is 9.55. The van der Waals surface area contributed by atoms with Crippen molar-refractivity contribution in [3.63, 3.8) is 0 Å². The van der Waals surface area contributed by atoms with E-state index in [-0.39, 0.29) is 6.10 Å². The largest absolute Gasteiger partial charge is 0.390 e. The normalized spacial score (nSPS) is 39.5. The van der Waals surface area contributed by atoms with E-state index in [1.54, 1.807) is 0 Å². The Bertz CT molecular complexity index is 159. The Morgan fingerprint density at radius 3 is 2.75 bits per heavy atom. The molecule has 0 bridgehead atoms. The lowest BCUT2D eigenvalue weighted by Crippen LogP contribution is -2.40. The molecule has 1 aliphatic heterocycles. The van der Waals surface area contributed by atoms with Crippen molar-refractivity contribution in [2.75, 3.05) is 19.6 Å². The number of β-amino-alcohol motifs (C(OH)–C–C–N with tert-alkyl or cyclic N) is 1. The van der Waals surface area contributed by atoms with Gasteiger partial charge in [-0.3, -0.25) is 4.90 Å². The third kappa shape index (κ3) is 1.79. The molecule has 0 amide bonds.